The first-order valence-corrected chi connectivity index (χ1v) is 12.4. The number of fused-ring (bicyclic) bond motifs is 3. The average Bonchev–Trinajstić information content (AvgIpc) is 3.65. The number of amides is 1. The molecule has 0 saturated carbocycles. The van der Waals surface area contributed by atoms with Gasteiger partial charge in [0, 0.05) is 25.4 Å². The molecule has 1 saturated heterocycles. The van der Waals surface area contributed by atoms with Crippen molar-refractivity contribution in [3.8, 4) is 23.1 Å². The number of hydrogen-bond donors (Lipinski definition) is 0. The van der Waals surface area contributed by atoms with Crippen molar-refractivity contribution >= 4 is 28.8 Å². The fraction of sp³-hybridized carbons (Fsp3) is 0.321. The van der Waals surface area contributed by atoms with Crippen molar-refractivity contribution in [2.45, 2.75) is 38.3 Å². The number of aryl methyl sites for hydroxylation is 1. The highest BCUT2D eigenvalue weighted by molar-refractivity contribution is 6.03. The molecule has 0 radical (unpaired) electrons. The minimum atomic E-state index is 0.00905. The number of aromatic nitrogens is 2. The first kappa shape index (κ1) is 22.4. The Kier molecular flexibility index (Phi) is 5.93. The average molecular weight is 485 g/mol. The molecule has 0 N–H and O–H groups in total. The Labute approximate surface area is 209 Å². The number of imidazole rings is 1. The second-order valence-electron chi connectivity index (χ2n) is 9.12. The predicted octanol–water partition coefficient (Wildman–Crippen LogP) is 5.48. The first-order valence-electron chi connectivity index (χ1n) is 12.4. The lowest BCUT2D eigenvalue weighted by atomic mass is 10.1. The SMILES string of the molecule is COc1cc2c(cc1OCCCCn1c(-c3ccco3)nc3ccccc31)N=C[C@@H]1CCCN1C2=O. The summed E-state index contributed by atoms with van der Waals surface area (Å²) in [5, 5.41) is 0. The number of unbranched alkanes of at least 4 members (excludes halogenated alkanes) is 1. The summed E-state index contributed by atoms with van der Waals surface area (Å²) in [6, 6.07) is 15.6. The van der Waals surface area contributed by atoms with Gasteiger partial charge in [-0.25, -0.2) is 4.98 Å². The Morgan fingerprint density at radius 1 is 1.11 bits per heavy atom. The van der Waals surface area contributed by atoms with Gasteiger partial charge in [0.15, 0.2) is 23.1 Å². The van der Waals surface area contributed by atoms with Crippen LogP contribution in [0.2, 0.25) is 0 Å². The molecule has 8 heteroatoms. The molecule has 0 aliphatic carbocycles. The summed E-state index contributed by atoms with van der Waals surface area (Å²) < 4.78 is 19.5. The van der Waals surface area contributed by atoms with E-state index in [4.69, 9.17) is 18.9 Å². The Balaban J connectivity index is 1.14. The van der Waals surface area contributed by atoms with Gasteiger partial charge in [0.2, 0.25) is 0 Å². The van der Waals surface area contributed by atoms with Crippen LogP contribution in [0.3, 0.4) is 0 Å². The van der Waals surface area contributed by atoms with Gasteiger partial charge in [-0.15, -0.1) is 0 Å². The molecule has 1 amide bonds. The van der Waals surface area contributed by atoms with Gasteiger partial charge in [-0.2, -0.15) is 0 Å². The lowest BCUT2D eigenvalue weighted by Gasteiger charge is -2.20. The lowest BCUT2D eigenvalue weighted by Crippen LogP contribution is -2.35. The molecule has 36 heavy (non-hydrogen) atoms. The molecule has 6 rings (SSSR count). The number of ether oxygens (including phenoxy) is 2. The molecule has 1 atom stereocenters. The Bertz CT molecular complexity index is 1420. The van der Waals surface area contributed by atoms with E-state index in [1.807, 2.05) is 47.5 Å². The molecule has 0 bridgehead atoms. The van der Waals surface area contributed by atoms with Crippen molar-refractivity contribution in [3.05, 3.63) is 60.4 Å². The van der Waals surface area contributed by atoms with Crippen LogP contribution in [-0.2, 0) is 6.54 Å². The van der Waals surface area contributed by atoms with Crippen LogP contribution >= 0.6 is 0 Å². The summed E-state index contributed by atoms with van der Waals surface area (Å²) in [5.74, 6) is 2.75. The van der Waals surface area contributed by atoms with Crippen LogP contribution in [0, 0.1) is 0 Å². The van der Waals surface area contributed by atoms with Crippen LogP contribution < -0.4 is 9.47 Å². The maximum atomic E-state index is 13.1. The van der Waals surface area contributed by atoms with Gasteiger partial charge in [0.25, 0.3) is 5.91 Å². The largest absolute Gasteiger partial charge is 0.493 e. The number of aliphatic imine (C=N–C) groups is 1. The molecule has 1 fully saturated rings. The van der Waals surface area contributed by atoms with E-state index in [2.05, 4.69) is 15.6 Å². The van der Waals surface area contributed by atoms with E-state index in [0.29, 0.717) is 29.4 Å². The maximum Gasteiger partial charge on any atom is 0.256 e. The fourth-order valence-corrected chi connectivity index (χ4v) is 5.07. The molecule has 0 spiro atoms. The summed E-state index contributed by atoms with van der Waals surface area (Å²) in [6.45, 7) is 2.07. The van der Waals surface area contributed by atoms with Crippen LogP contribution in [0.1, 0.15) is 36.0 Å². The molecule has 0 unspecified atom stereocenters. The molecule has 8 nitrogen and oxygen atoms in total. The molecule has 4 aromatic rings. The number of hydrogen-bond acceptors (Lipinski definition) is 6. The second kappa shape index (κ2) is 9.53. The Morgan fingerprint density at radius 3 is 2.89 bits per heavy atom. The van der Waals surface area contributed by atoms with Crippen molar-refractivity contribution < 1.29 is 18.7 Å². The molecule has 2 aromatic carbocycles. The van der Waals surface area contributed by atoms with E-state index in [-0.39, 0.29) is 11.9 Å². The maximum absolute atomic E-state index is 13.1. The van der Waals surface area contributed by atoms with Crippen LogP contribution in [0.5, 0.6) is 11.5 Å². The van der Waals surface area contributed by atoms with E-state index < -0.39 is 0 Å². The normalized spacial score (nSPS) is 16.8. The van der Waals surface area contributed by atoms with Gasteiger partial charge < -0.3 is 23.4 Å². The number of rotatable bonds is 8. The number of methoxy groups -OCH3 is 1. The topological polar surface area (TPSA) is 82.1 Å². The van der Waals surface area contributed by atoms with Crippen LogP contribution in [-0.4, -0.2) is 52.9 Å². The van der Waals surface area contributed by atoms with E-state index in [9.17, 15) is 4.79 Å². The molecule has 2 aromatic heterocycles. The van der Waals surface area contributed by atoms with Gasteiger partial charge >= 0.3 is 0 Å². The molecule has 2 aliphatic heterocycles. The van der Waals surface area contributed by atoms with Crippen molar-refractivity contribution in [2.24, 2.45) is 4.99 Å². The Hall–Kier alpha value is -4.07. The van der Waals surface area contributed by atoms with Crippen molar-refractivity contribution in [3.63, 3.8) is 0 Å². The number of benzene rings is 2. The minimum Gasteiger partial charge on any atom is -0.493 e. The third kappa shape index (κ3) is 4.02. The van der Waals surface area contributed by atoms with E-state index in [0.717, 1.165) is 61.4 Å². The highest BCUT2D eigenvalue weighted by atomic mass is 16.5. The van der Waals surface area contributed by atoms with Crippen LogP contribution in [0.25, 0.3) is 22.6 Å². The molecule has 184 valence electrons. The van der Waals surface area contributed by atoms with Gasteiger partial charge in [-0.3, -0.25) is 9.79 Å². The number of nitrogens with zero attached hydrogens (tertiary/aromatic N) is 4. The summed E-state index contributed by atoms with van der Waals surface area (Å²) >= 11 is 0. The Morgan fingerprint density at radius 2 is 2.03 bits per heavy atom. The zero-order valence-electron chi connectivity index (χ0n) is 20.2. The van der Waals surface area contributed by atoms with Gasteiger partial charge in [-0.1, -0.05) is 12.1 Å². The highest BCUT2D eigenvalue weighted by Crippen LogP contribution is 2.38. The smallest absolute Gasteiger partial charge is 0.256 e. The molecular weight excluding hydrogens is 456 g/mol. The van der Waals surface area contributed by atoms with Gasteiger partial charge in [-0.05, 0) is 56.0 Å². The summed E-state index contributed by atoms with van der Waals surface area (Å²) in [4.78, 5) is 24.3. The van der Waals surface area contributed by atoms with Crippen molar-refractivity contribution in [2.75, 3.05) is 20.3 Å². The fourth-order valence-electron chi connectivity index (χ4n) is 5.07. The highest BCUT2D eigenvalue weighted by Gasteiger charge is 2.32. The zero-order chi connectivity index (χ0) is 24.5. The molecule has 4 heterocycles. The molecule has 2 aliphatic rings. The zero-order valence-corrected chi connectivity index (χ0v) is 20.2. The second-order valence-corrected chi connectivity index (χ2v) is 9.12. The number of carbonyl (C=O) groups is 1. The number of para-hydroxylation sites is 2. The van der Waals surface area contributed by atoms with Crippen LogP contribution in [0.15, 0.2) is 64.2 Å². The summed E-state index contributed by atoms with van der Waals surface area (Å²) in [5.41, 5.74) is 3.24. The van der Waals surface area contributed by atoms with E-state index in [1.165, 1.54) is 0 Å². The molecular formula is C28H28N4O4. The van der Waals surface area contributed by atoms with E-state index in [1.54, 1.807) is 19.4 Å². The minimum absolute atomic E-state index is 0.00905. The van der Waals surface area contributed by atoms with Gasteiger partial charge in [0.05, 0.1) is 48.3 Å². The first-order chi connectivity index (χ1) is 17.7. The van der Waals surface area contributed by atoms with Crippen LogP contribution in [0.4, 0.5) is 5.69 Å². The number of furan rings is 1. The predicted molar refractivity (Wildman–Crippen MR) is 137 cm³/mol. The van der Waals surface area contributed by atoms with Gasteiger partial charge in [0.1, 0.15) is 0 Å². The van der Waals surface area contributed by atoms with E-state index >= 15 is 0 Å². The number of carbonyl (C=O) groups excluding carboxylic acids is 1. The lowest BCUT2D eigenvalue weighted by molar-refractivity contribution is 0.0774. The third-order valence-electron chi connectivity index (χ3n) is 6.89. The third-order valence-corrected chi connectivity index (χ3v) is 6.89. The monoisotopic (exact) mass is 484 g/mol. The summed E-state index contributed by atoms with van der Waals surface area (Å²) in [6.07, 6.45) is 7.25. The summed E-state index contributed by atoms with van der Waals surface area (Å²) in [7, 11) is 1.60. The standard InChI is InChI=1S/C28H28N4O4/c1-34-25-16-20-22(29-18-19-8-6-13-31(19)28(20)33)17-26(25)36-14-5-4-12-32-23-10-3-2-9-21(23)30-27(32)24-11-7-15-35-24/h2-3,7,9-11,15-19H,4-6,8,12-14H2,1H3/t19-/m0/s1. The van der Waals surface area contributed by atoms with Crippen molar-refractivity contribution in [1.82, 2.24) is 14.5 Å². The quantitative estimate of drug-likeness (QED) is 0.309. The van der Waals surface area contributed by atoms with Crippen molar-refractivity contribution in [1.29, 1.82) is 0 Å².